The Hall–Kier alpha value is -2.79. The van der Waals surface area contributed by atoms with Gasteiger partial charge in [-0.25, -0.2) is 0 Å². The summed E-state index contributed by atoms with van der Waals surface area (Å²) in [6, 6.07) is 9.11. The van der Waals surface area contributed by atoms with Crippen molar-refractivity contribution in [2.24, 2.45) is 0 Å². The molecule has 1 aliphatic heterocycles. The average Bonchev–Trinajstić information content (AvgIpc) is 2.74. The summed E-state index contributed by atoms with van der Waals surface area (Å²) in [6.07, 6.45) is 1.75. The van der Waals surface area contributed by atoms with Gasteiger partial charge in [-0.3, -0.25) is 4.79 Å². The Kier molecular flexibility index (Phi) is 3.49. The van der Waals surface area contributed by atoms with Crippen molar-refractivity contribution in [3.63, 3.8) is 0 Å². The van der Waals surface area contributed by atoms with Crippen LogP contribution in [-0.4, -0.2) is 12.5 Å². The quantitative estimate of drug-likeness (QED) is 0.833. The molecule has 1 aliphatic rings. The summed E-state index contributed by atoms with van der Waals surface area (Å²) in [6.45, 7) is 2.60. The third-order valence-corrected chi connectivity index (χ3v) is 2.95. The number of anilines is 2. The summed E-state index contributed by atoms with van der Waals surface area (Å²) >= 11 is 0. The topological polar surface area (TPSA) is 79.9 Å². The number of fused-ring (bicyclic) bond motifs is 1. The number of hydrogen-bond donors (Lipinski definition) is 1. The molecule has 0 unspecified atom stereocenters. The molecule has 0 radical (unpaired) electrons. The van der Waals surface area contributed by atoms with Crippen LogP contribution in [0.25, 0.3) is 0 Å². The summed E-state index contributed by atoms with van der Waals surface area (Å²) in [4.78, 5) is 13.5. The number of rotatable bonds is 3. The second kappa shape index (κ2) is 5.24. The van der Waals surface area contributed by atoms with E-state index in [4.69, 9.17) is 10.5 Å². The number of nitrogens with one attached hydrogen (secondary N) is 1. The van der Waals surface area contributed by atoms with Gasteiger partial charge < -0.3 is 10.2 Å². The smallest absolute Gasteiger partial charge is 0.231 e. The van der Waals surface area contributed by atoms with Crippen molar-refractivity contribution in [1.82, 2.24) is 0 Å². The van der Waals surface area contributed by atoms with Gasteiger partial charge in [-0.15, -0.1) is 0 Å². The number of nitriles is 2. The number of hydrogen-bond acceptors (Lipinski definition) is 4. The minimum atomic E-state index is 0.00626. The van der Waals surface area contributed by atoms with Gasteiger partial charge in [0.15, 0.2) is 0 Å². The van der Waals surface area contributed by atoms with Gasteiger partial charge in [0, 0.05) is 24.1 Å². The summed E-state index contributed by atoms with van der Waals surface area (Å²) in [7, 11) is 0. The second-order valence-corrected chi connectivity index (χ2v) is 4.08. The molecule has 0 aromatic heterocycles. The molecule has 5 nitrogen and oxygen atoms in total. The Morgan fingerprint density at radius 2 is 2.21 bits per heavy atom. The molecule has 19 heavy (non-hydrogen) atoms. The van der Waals surface area contributed by atoms with Crippen molar-refractivity contribution in [2.45, 2.75) is 13.3 Å². The molecule has 0 aliphatic carbocycles. The van der Waals surface area contributed by atoms with E-state index in [0.717, 1.165) is 16.9 Å². The molecule has 0 spiro atoms. The fraction of sp³-hybridized carbons (Fsp3) is 0.214. The lowest BCUT2D eigenvalue weighted by Gasteiger charge is -2.14. The van der Waals surface area contributed by atoms with E-state index in [1.54, 1.807) is 17.0 Å². The lowest BCUT2D eigenvalue weighted by Crippen LogP contribution is -2.25. The predicted molar refractivity (Wildman–Crippen MR) is 71.1 cm³/mol. The minimum Gasteiger partial charge on any atom is -0.360 e. The Morgan fingerprint density at radius 3 is 2.84 bits per heavy atom. The highest BCUT2D eigenvalue weighted by Crippen LogP contribution is 2.30. The van der Waals surface area contributed by atoms with E-state index >= 15 is 0 Å². The van der Waals surface area contributed by atoms with Crippen LogP contribution in [0.5, 0.6) is 0 Å². The summed E-state index contributed by atoms with van der Waals surface area (Å²) in [5.41, 5.74) is 2.66. The summed E-state index contributed by atoms with van der Waals surface area (Å²) in [5.74, 6) is 0.0972. The van der Waals surface area contributed by atoms with E-state index in [-0.39, 0.29) is 11.5 Å². The van der Waals surface area contributed by atoms with Gasteiger partial charge in [-0.05, 0) is 30.7 Å². The van der Waals surface area contributed by atoms with Crippen molar-refractivity contribution in [2.75, 3.05) is 16.8 Å². The maximum atomic E-state index is 11.7. The van der Waals surface area contributed by atoms with E-state index in [2.05, 4.69) is 5.32 Å². The highest BCUT2D eigenvalue weighted by atomic mass is 16.2. The fourth-order valence-corrected chi connectivity index (χ4v) is 2.06. The molecule has 0 saturated heterocycles. The highest BCUT2D eigenvalue weighted by Gasteiger charge is 2.25. The molecular formula is C14H12N4O. The van der Waals surface area contributed by atoms with Crippen LogP contribution in [-0.2, 0) is 11.2 Å². The van der Waals surface area contributed by atoms with Gasteiger partial charge in [-0.2, -0.15) is 10.5 Å². The van der Waals surface area contributed by atoms with Crippen molar-refractivity contribution < 1.29 is 4.79 Å². The third-order valence-electron chi connectivity index (χ3n) is 2.95. The molecule has 1 amide bonds. The number of carbonyl (C=O) groups is 1. The monoisotopic (exact) mass is 252 g/mol. The average molecular weight is 252 g/mol. The molecule has 1 heterocycles. The largest absolute Gasteiger partial charge is 0.360 e. The van der Waals surface area contributed by atoms with Crippen molar-refractivity contribution >= 4 is 17.3 Å². The van der Waals surface area contributed by atoms with Crippen LogP contribution in [0.2, 0.25) is 0 Å². The maximum absolute atomic E-state index is 11.7. The SMILES string of the molecule is CCN1C(=O)Cc2cc(NC=C(C#N)C#N)ccc21. The van der Waals surface area contributed by atoms with E-state index in [1.807, 2.05) is 25.1 Å². The molecule has 1 N–H and O–H groups in total. The first-order chi connectivity index (χ1) is 9.19. The molecule has 0 saturated carbocycles. The van der Waals surface area contributed by atoms with E-state index in [1.165, 1.54) is 6.20 Å². The van der Waals surface area contributed by atoms with Gasteiger partial charge in [-0.1, -0.05) is 0 Å². The zero-order valence-electron chi connectivity index (χ0n) is 10.5. The van der Waals surface area contributed by atoms with Crippen molar-refractivity contribution in [1.29, 1.82) is 10.5 Å². The van der Waals surface area contributed by atoms with Crippen LogP contribution in [0.1, 0.15) is 12.5 Å². The van der Waals surface area contributed by atoms with Crippen LogP contribution in [0.15, 0.2) is 30.0 Å². The van der Waals surface area contributed by atoms with Crippen LogP contribution in [0.3, 0.4) is 0 Å². The molecule has 94 valence electrons. The first kappa shape index (κ1) is 12.7. The van der Waals surface area contributed by atoms with Gasteiger partial charge >= 0.3 is 0 Å². The second-order valence-electron chi connectivity index (χ2n) is 4.08. The van der Waals surface area contributed by atoms with Gasteiger partial charge in [0.1, 0.15) is 17.7 Å². The van der Waals surface area contributed by atoms with Crippen molar-refractivity contribution in [3.05, 3.63) is 35.5 Å². The van der Waals surface area contributed by atoms with E-state index in [0.29, 0.717) is 13.0 Å². The fourth-order valence-electron chi connectivity index (χ4n) is 2.06. The zero-order valence-corrected chi connectivity index (χ0v) is 10.5. The molecule has 5 heteroatoms. The third kappa shape index (κ3) is 2.41. The van der Waals surface area contributed by atoms with E-state index < -0.39 is 0 Å². The van der Waals surface area contributed by atoms with E-state index in [9.17, 15) is 4.79 Å². The number of amides is 1. The Balaban J connectivity index is 2.23. The summed E-state index contributed by atoms with van der Waals surface area (Å²) in [5, 5.41) is 20.1. The van der Waals surface area contributed by atoms with Crippen LogP contribution < -0.4 is 10.2 Å². The Morgan fingerprint density at radius 1 is 1.47 bits per heavy atom. The molecule has 2 rings (SSSR count). The molecule has 0 fully saturated rings. The predicted octanol–water partition coefficient (Wildman–Crippen LogP) is 1.94. The molecule has 1 aromatic carbocycles. The number of allylic oxidation sites excluding steroid dienone is 1. The Labute approximate surface area is 111 Å². The molecular weight excluding hydrogens is 240 g/mol. The number of carbonyl (C=O) groups excluding carboxylic acids is 1. The number of benzene rings is 1. The molecule has 1 aromatic rings. The number of likely N-dealkylation sites (N-methyl/N-ethyl adjacent to an activating group) is 1. The van der Waals surface area contributed by atoms with Gasteiger partial charge in [0.05, 0.1) is 6.42 Å². The van der Waals surface area contributed by atoms with Gasteiger partial charge in [0.2, 0.25) is 5.91 Å². The van der Waals surface area contributed by atoms with Crippen LogP contribution in [0.4, 0.5) is 11.4 Å². The standard InChI is InChI=1S/C14H12N4O/c1-2-18-13-4-3-12(5-11(13)6-14(18)19)17-9-10(7-15)8-16/h3-5,9,17H,2,6H2,1H3. The normalized spacial score (nSPS) is 12.4. The lowest BCUT2D eigenvalue weighted by atomic mass is 10.1. The zero-order chi connectivity index (χ0) is 13.8. The highest BCUT2D eigenvalue weighted by molar-refractivity contribution is 6.01. The van der Waals surface area contributed by atoms with Crippen LogP contribution >= 0.6 is 0 Å². The van der Waals surface area contributed by atoms with Crippen molar-refractivity contribution in [3.8, 4) is 12.1 Å². The van der Waals surface area contributed by atoms with Crippen LogP contribution in [0, 0.1) is 22.7 Å². The first-order valence-corrected chi connectivity index (χ1v) is 5.89. The summed E-state index contributed by atoms with van der Waals surface area (Å²) < 4.78 is 0. The maximum Gasteiger partial charge on any atom is 0.231 e. The Bertz CT molecular complexity index is 618. The van der Waals surface area contributed by atoms with Gasteiger partial charge in [0.25, 0.3) is 0 Å². The lowest BCUT2D eigenvalue weighted by molar-refractivity contribution is -0.117. The molecule has 0 atom stereocenters. The minimum absolute atomic E-state index is 0.00626. The first-order valence-electron chi connectivity index (χ1n) is 5.89. The molecule has 0 bridgehead atoms. The number of nitrogens with zero attached hydrogens (tertiary/aromatic N) is 3.